The molecule has 1 amide bonds. The predicted octanol–water partition coefficient (Wildman–Crippen LogP) is -3.72. The number of hydrogen-bond donors (Lipinski definition) is 7. The van der Waals surface area contributed by atoms with E-state index in [1.807, 2.05) is 0 Å². The van der Waals surface area contributed by atoms with Crippen LogP contribution < -0.4 is 11.1 Å². The van der Waals surface area contributed by atoms with Gasteiger partial charge in [0.25, 0.3) is 5.91 Å². The molecule has 1 unspecified atom stereocenters. The number of unbranched alkanes of at least 4 members (excludes halogenated alkanes) is 1. The Kier molecular flexibility index (Phi) is 8.81. The van der Waals surface area contributed by atoms with Crippen molar-refractivity contribution >= 4 is 5.91 Å². The molecule has 0 rings (SSSR count). The molecule has 0 radical (unpaired) electrons. The smallest absolute Gasteiger partial charge is 0.251 e. The van der Waals surface area contributed by atoms with Crippen LogP contribution in [0.2, 0.25) is 0 Å². The second kappa shape index (κ2) is 9.20. The van der Waals surface area contributed by atoms with Gasteiger partial charge in [-0.05, 0) is 19.4 Å². The summed E-state index contributed by atoms with van der Waals surface area (Å²) in [6.45, 7) is -0.00994. The molecular weight excluding hydrogens is 244 g/mol. The van der Waals surface area contributed by atoms with Gasteiger partial charge >= 0.3 is 0 Å². The fraction of sp³-hybridized carbons (Fsp3) is 0.900. The van der Waals surface area contributed by atoms with Crippen molar-refractivity contribution in [3.8, 4) is 0 Å². The van der Waals surface area contributed by atoms with Crippen molar-refractivity contribution in [2.75, 3.05) is 19.7 Å². The number of rotatable bonds is 9. The average molecular weight is 266 g/mol. The van der Waals surface area contributed by atoms with Gasteiger partial charge in [0.05, 0.1) is 6.61 Å². The van der Waals surface area contributed by atoms with Crippen molar-refractivity contribution in [1.82, 2.24) is 5.32 Å². The minimum atomic E-state index is -1.88. The fourth-order valence-electron chi connectivity index (χ4n) is 1.26. The third-order valence-electron chi connectivity index (χ3n) is 2.45. The van der Waals surface area contributed by atoms with E-state index in [1.165, 1.54) is 0 Å². The van der Waals surface area contributed by atoms with Gasteiger partial charge in [0.15, 0.2) is 6.10 Å². The largest absolute Gasteiger partial charge is 0.394 e. The summed E-state index contributed by atoms with van der Waals surface area (Å²) < 4.78 is 0. The zero-order valence-electron chi connectivity index (χ0n) is 10.1. The average Bonchev–Trinajstić information content (AvgIpc) is 2.39. The van der Waals surface area contributed by atoms with Crippen LogP contribution in [0.5, 0.6) is 0 Å². The van der Waals surface area contributed by atoms with Crippen LogP contribution in [-0.2, 0) is 4.79 Å². The molecule has 0 fully saturated rings. The van der Waals surface area contributed by atoms with Crippen LogP contribution in [0, 0.1) is 0 Å². The lowest BCUT2D eigenvalue weighted by molar-refractivity contribution is -0.148. The van der Waals surface area contributed by atoms with Crippen molar-refractivity contribution in [2.45, 2.75) is 37.3 Å². The summed E-state index contributed by atoms with van der Waals surface area (Å²) in [5.41, 5.74) is 5.26. The zero-order chi connectivity index (χ0) is 14.1. The van der Waals surface area contributed by atoms with Gasteiger partial charge in [0.2, 0.25) is 0 Å². The minimum absolute atomic E-state index is 0.290. The van der Waals surface area contributed by atoms with Gasteiger partial charge in [-0.15, -0.1) is 0 Å². The minimum Gasteiger partial charge on any atom is -0.394 e. The van der Waals surface area contributed by atoms with Gasteiger partial charge < -0.3 is 36.6 Å². The zero-order valence-corrected chi connectivity index (χ0v) is 10.1. The molecule has 8 heteroatoms. The van der Waals surface area contributed by atoms with E-state index < -0.39 is 36.9 Å². The highest BCUT2D eigenvalue weighted by Gasteiger charge is 2.33. The van der Waals surface area contributed by atoms with Crippen LogP contribution in [0.1, 0.15) is 12.8 Å². The van der Waals surface area contributed by atoms with Gasteiger partial charge in [0, 0.05) is 6.54 Å². The summed E-state index contributed by atoms with van der Waals surface area (Å²) in [5, 5.41) is 48.1. The lowest BCUT2D eigenvalue weighted by Gasteiger charge is -2.24. The van der Waals surface area contributed by atoms with E-state index in [4.69, 9.17) is 15.9 Å². The van der Waals surface area contributed by atoms with Crippen LogP contribution in [0.4, 0.5) is 0 Å². The molecular formula is C10H22N2O6. The number of nitrogens with one attached hydrogen (secondary N) is 1. The molecule has 0 aliphatic rings. The molecule has 0 spiro atoms. The maximum atomic E-state index is 11.4. The first-order valence-corrected chi connectivity index (χ1v) is 5.76. The van der Waals surface area contributed by atoms with E-state index in [-0.39, 0.29) is 0 Å². The summed E-state index contributed by atoms with van der Waals surface area (Å²) in [7, 11) is 0. The Balaban J connectivity index is 4.11. The highest BCUT2D eigenvalue weighted by atomic mass is 16.4. The highest BCUT2D eigenvalue weighted by molar-refractivity contribution is 5.81. The SMILES string of the molecule is NCCCCNC(=O)[C@@H](O)C(O)[C@@H](O)[C@H](O)CO. The Morgan fingerprint density at radius 1 is 1.11 bits per heavy atom. The van der Waals surface area contributed by atoms with Crippen LogP contribution in [-0.4, -0.2) is 75.6 Å². The Morgan fingerprint density at radius 2 is 1.72 bits per heavy atom. The molecule has 0 aromatic heterocycles. The first-order chi connectivity index (χ1) is 8.45. The maximum Gasteiger partial charge on any atom is 0.251 e. The Labute approximate surface area is 105 Å². The first-order valence-electron chi connectivity index (χ1n) is 5.76. The molecule has 0 saturated heterocycles. The molecule has 108 valence electrons. The second-order valence-corrected chi connectivity index (χ2v) is 3.96. The third kappa shape index (κ3) is 5.71. The Bertz CT molecular complexity index is 240. The quantitative estimate of drug-likeness (QED) is 0.211. The molecule has 0 aliphatic carbocycles. The molecule has 8 N–H and O–H groups in total. The normalized spacial score (nSPS) is 17.9. The third-order valence-corrected chi connectivity index (χ3v) is 2.45. The Morgan fingerprint density at radius 3 is 2.22 bits per heavy atom. The topological polar surface area (TPSA) is 156 Å². The van der Waals surface area contributed by atoms with E-state index in [1.54, 1.807) is 0 Å². The summed E-state index contributed by atoms with van der Waals surface area (Å²) in [4.78, 5) is 11.4. The standard InChI is InChI=1S/C10H22N2O6/c11-3-1-2-4-12-10(18)9(17)8(16)7(15)6(14)5-13/h6-9,13-17H,1-5,11H2,(H,12,18)/t6-,7+,8?,9+/m1/s1. The van der Waals surface area contributed by atoms with Crippen LogP contribution in [0.3, 0.4) is 0 Å². The molecule has 0 aromatic rings. The summed E-state index contributed by atoms with van der Waals surface area (Å²) in [6, 6.07) is 0. The van der Waals surface area contributed by atoms with Gasteiger partial charge in [-0.1, -0.05) is 0 Å². The van der Waals surface area contributed by atoms with Gasteiger partial charge in [-0.2, -0.15) is 0 Å². The monoisotopic (exact) mass is 266 g/mol. The van der Waals surface area contributed by atoms with Crippen LogP contribution in [0.25, 0.3) is 0 Å². The van der Waals surface area contributed by atoms with E-state index in [0.29, 0.717) is 25.9 Å². The van der Waals surface area contributed by atoms with Crippen molar-refractivity contribution in [1.29, 1.82) is 0 Å². The first kappa shape index (κ1) is 17.2. The molecule has 0 heterocycles. The highest BCUT2D eigenvalue weighted by Crippen LogP contribution is 2.05. The summed E-state index contributed by atoms with van der Waals surface area (Å²) >= 11 is 0. The van der Waals surface area contributed by atoms with Crippen molar-refractivity contribution in [2.24, 2.45) is 5.73 Å². The molecule has 8 nitrogen and oxygen atoms in total. The molecule has 0 bridgehead atoms. The number of aliphatic hydroxyl groups excluding tert-OH is 5. The number of carbonyl (C=O) groups excluding carboxylic acids is 1. The second-order valence-electron chi connectivity index (χ2n) is 3.96. The van der Waals surface area contributed by atoms with Gasteiger partial charge in [-0.3, -0.25) is 4.79 Å². The van der Waals surface area contributed by atoms with Gasteiger partial charge in [-0.25, -0.2) is 0 Å². The summed E-state index contributed by atoms with van der Waals surface area (Å²) in [5.74, 6) is -0.858. The number of aliphatic hydroxyl groups is 5. The van der Waals surface area contributed by atoms with E-state index in [2.05, 4.69) is 5.32 Å². The van der Waals surface area contributed by atoms with Crippen molar-refractivity contribution < 1.29 is 30.3 Å². The fourth-order valence-corrected chi connectivity index (χ4v) is 1.26. The molecule has 18 heavy (non-hydrogen) atoms. The lowest BCUT2D eigenvalue weighted by atomic mass is 10.0. The molecule has 4 atom stereocenters. The van der Waals surface area contributed by atoms with E-state index in [0.717, 1.165) is 0 Å². The number of nitrogens with two attached hydrogens (primary N) is 1. The predicted molar refractivity (Wildman–Crippen MR) is 62.4 cm³/mol. The summed E-state index contributed by atoms with van der Waals surface area (Å²) in [6.07, 6.45) is -5.84. The number of hydrogen-bond acceptors (Lipinski definition) is 7. The van der Waals surface area contributed by atoms with Crippen LogP contribution >= 0.6 is 0 Å². The maximum absolute atomic E-state index is 11.4. The van der Waals surface area contributed by atoms with E-state index in [9.17, 15) is 20.1 Å². The number of amides is 1. The number of carbonyl (C=O) groups is 1. The molecule has 0 aromatic carbocycles. The molecule has 0 aliphatic heterocycles. The van der Waals surface area contributed by atoms with Crippen LogP contribution in [0.15, 0.2) is 0 Å². The molecule has 0 saturated carbocycles. The van der Waals surface area contributed by atoms with Gasteiger partial charge in [0.1, 0.15) is 18.3 Å². The Hall–Kier alpha value is -0.770. The lowest BCUT2D eigenvalue weighted by Crippen LogP contribution is -2.51. The van der Waals surface area contributed by atoms with E-state index >= 15 is 0 Å². The van der Waals surface area contributed by atoms with Crippen molar-refractivity contribution in [3.63, 3.8) is 0 Å². The van der Waals surface area contributed by atoms with Crippen molar-refractivity contribution in [3.05, 3.63) is 0 Å².